The fraction of sp³-hybridized carbons (Fsp3) is 0.650. The molecule has 0 amide bonds. The lowest BCUT2D eigenvalue weighted by molar-refractivity contribution is -0.150. The van der Waals surface area contributed by atoms with Gasteiger partial charge < -0.3 is 14.2 Å². The zero-order valence-corrected chi connectivity index (χ0v) is 14.5. The summed E-state index contributed by atoms with van der Waals surface area (Å²) >= 11 is 0. The molecule has 1 aromatic rings. The fourth-order valence-corrected chi connectivity index (χ4v) is 3.74. The number of esters is 1. The Labute approximate surface area is 144 Å². The van der Waals surface area contributed by atoms with E-state index in [9.17, 15) is 4.79 Å². The molecule has 1 aliphatic heterocycles. The highest BCUT2D eigenvalue weighted by Gasteiger charge is 2.27. The van der Waals surface area contributed by atoms with Crippen LogP contribution in [0.4, 0.5) is 0 Å². The van der Waals surface area contributed by atoms with Crippen LogP contribution in [0.25, 0.3) is 0 Å². The Morgan fingerprint density at radius 1 is 1.08 bits per heavy atom. The molecule has 4 nitrogen and oxygen atoms in total. The second-order valence-electron chi connectivity index (χ2n) is 6.95. The number of carbonyl (C=O) groups is 1. The Morgan fingerprint density at radius 3 is 2.54 bits per heavy atom. The predicted octanol–water partition coefficient (Wildman–Crippen LogP) is 4.26. The van der Waals surface area contributed by atoms with Gasteiger partial charge in [0, 0.05) is 13.3 Å². The van der Waals surface area contributed by atoms with Crippen molar-refractivity contribution in [3.63, 3.8) is 0 Å². The molecule has 1 saturated carbocycles. The molecule has 132 valence electrons. The van der Waals surface area contributed by atoms with Gasteiger partial charge in [0.05, 0.1) is 6.61 Å². The van der Waals surface area contributed by atoms with Crippen LogP contribution in [0.15, 0.2) is 24.3 Å². The first-order valence-corrected chi connectivity index (χ1v) is 9.25. The van der Waals surface area contributed by atoms with E-state index in [4.69, 9.17) is 14.2 Å². The van der Waals surface area contributed by atoms with E-state index in [1.165, 1.54) is 25.3 Å². The molecule has 0 bridgehead atoms. The standard InChI is InChI=1S/C20H28O4/c1-15(21)23-19-7-3-2-6-17(19)14-16-9-11-18(12-10-16)24-20-8-4-5-13-22-20/h9-12,17,19-20H,2-8,13-14H2,1H3/t17-,19+,20?/m0/s1. The Bertz CT molecular complexity index is 519. The lowest BCUT2D eigenvalue weighted by atomic mass is 9.82. The van der Waals surface area contributed by atoms with Crippen molar-refractivity contribution < 1.29 is 19.0 Å². The fourth-order valence-electron chi connectivity index (χ4n) is 3.74. The van der Waals surface area contributed by atoms with Gasteiger partial charge in [0.25, 0.3) is 0 Å². The normalized spacial score (nSPS) is 27.5. The monoisotopic (exact) mass is 332 g/mol. The minimum Gasteiger partial charge on any atom is -0.465 e. The van der Waals surface area contributed by atoms with Crippen molar-refractivity contribution in [2.45, 2.75) is 70.7 Å². The van der Waals surface area contributed by atoms with Gasteiger partial charge in [0.1, 0.15) is 11.9 Å². The minimum atomic E-state index is -0.164. The summed E-state index contributed by atoms with van der Waals surface area (Å²) in [6, 6.07) is 8.29. The molecule has 3 atom stereocenters. The van der Waals surface area contributed by atoms with Crippen molar-refractivity contribution in [2.24, 2.45) is 5.92 Å². The summed E-state index contributed by atoms with van der Waals surface area (Å²) in [6.45, 7) is 2.30. The molecule has 4 heteroatoms. The van der Waals surface area contributed by atoms with Crippen LogP contribution in [-0.4, -0.2) is 25.0 Å². The maximum Gasteiger partial charge on any atom is 0.302 e. The smallest absolute Gasteiger partial charge is 0.302 e. The number of rotatable bonds is 5. The molecule has 1 unspecified atom stereocenters. The van der Waals surface area contributed by atoms with Gasteiger partial charge in [-0.25, -0.2) is 0 Å². The van der Waals surface area contributed by atoms with E-state index in [0.717, 1.165) is 50.9 Å². The Kier molecular flexibility index (Phi) is 6.13. The number of hydrogen-bond donors (Lipinski definition) is 0. The Hall–Kier alpha value is -1.55. The van der Waals surface area contributed by atoms with Crippen LogP contribution in [0.3, 0.4) is 0 Å². The molecule has 0 radical (unpaired) electrons. The number of hydrogen-bond acceptors (Lipinski definition) is 4. The number of carbonyl (C=O) groups excluding carboxylic acids is 1. The van der Waals surface area contributed by atoms with E-state index in [2.05, 4.69) is 12.1 Å². The molecule has 1 aromatic carbocycles. The molecule has 3 rings (SSSR count). The van der Waals surface area contributed by atoms with E-state index in [1.807, 2.05) is 12.1 Å². The van der Waals surface area contributed by atoms with Crippen molar-refractivity contribution in [2.75, 3.05) is 6.61 Å². The molecule has 1 saturated heterocycles. The summed E-state index contributed by atoms with van der Waals surface area (Å²) in [5, 5.41) is 0. The molecule has 0 aromatic heterocycles. The van der Waals surface area contributed by atoms with Crippen LogP contribution in [0.5, 0.6) is 5.75 Å². The van der Waals surface area contributed by atoms with Gasteiger partial charge in [0.2, 0.25) is 0 Å². The molecule has 0 N–H and O–H groups in total. The minimum absolute atomic E-state index is 0.0721. The van der Waals surface area contributed by atoms with Crippen molar-refractivity contribution in [1.29, 1.82) is 0 Å². The first-order chi connectivity index (χ1) is 11.7. The molecule has 0 spiro atoms. The average Bonchev–Trinajstić information content (AvgIpc) is 2.59. The van der Waals surface area contributed by atoms with Gasteiger partial charge in [-0.2, -0.15) is 0 Å². The highest BCUT2D eigenvalue weighted by molar-refractivity contribution is 5.66. The second-order valence-corrected chi connectivity index (χ2v) is 6.95. The van der Waals surface area contributed by atoms with Crippen LogP contribution in [0.1, 0.15) is 57.4 Å². The molecular formula is C20H28O4. The van der Waals surface area contributed by atoms with Gasteiger partial charge >= 0.3 is 5.97 Å². The molecule has 24 heavy (non-hydrogen) atoms. The zero-order chi connectivity index (χ0) is 16.8. The van der Waals surface area contributed by atoms with Gasteiger partial charge in [-0.1, -0.05) is 18.6 Å². The maximum absolute atomic E-state index is 11.3. The van der Waals surface area contributed by atoms with Gasteiger partial charge in [0.15, 0.2) is 6.29 Å². The summed E-state index contributed by atoms with van der Waals surface area (Å²) in [4.78, 5) is 11.3. The Balaban J connectivity index is 1.55. The van der Waals surface area contributed by atoms with E-state index in [0.29, 0.717) is 5.92 Å². The number of benzene rings is 1. The Morgan fingerprint density at radius 2 is 1.83 bits per heavy atom. The summed E-state index contributed by atoms with van der Waals surface area (Å²) in [7, 11) is 0. The summed E-state index contributed by atoms with van der Waals surface area (Å²) in [5.41, 5.74) is 1.27. The van der Waals surface area contributed by atoms with E-state index < -0.39 is 0 Å². The zero-order valence-electron chi connectivity index (χ0n) is 14.5. The van der Waals surface area contributed by atoms with Crippen molar-refractivity contribution >= 4 is 5.97 Å². The van der Waals surface area contributed by atoms with Crippen molar-refractivity contribution in [3.8, 4) is 5.75 Å². The third-order valence-electron chi connectivity index (χ3n) is 4.98. The summed E-state index contributed by atoms with van der Waals surface area (Å²) in [5.74, 6) is 1.13. The van der Waals surface area contributed by atoms with E-state index in [1.54, 1.807) is 0 Å². The lowest BCUT2D eigenvalue weighted by Gasteiger charge is -2.31. The molecule has 2 aliphatic rings. The van der Waals surface area contributed by atoms with Gasteiger partial charge in [-0.05, 0) is 62.1 Å². The quantitative estimate of drug-likeness (QED) is 0.756. The SMILES string of the molecule is CC(=O)O[C@@H]1CCCC[C@H]1Cc1ccc(OC2CCCCO2)cc1. The van der Waals surface area contributed by atoms with E-state index >= 15 is 0 Å². The summed E-state index contributed by atoms with van der Waals surface area (Å²) in [6.07, 6.45) is 8.69. The van der Waals surface area contributed by atoms with E-state index in [-0.39, 0.29) is 18.4 Å². The first kappa shape index (κ1) is 17.3. The van der Waals surface area contributed by atoms with Gasteiger partial charge in [-0.3, -0.25) is 4.79 Å². The number of ether oxygens (including phenoxy) is 3. The molecule has 1 heterocycles. The van der Waals surface area contributed by atoms with Crippen molar-refractivity contribution in [3.05, 3.63) is 29.8 Å². The molecule has 2 fully saturated rings. The topological polar surface area (TPSA) is 44.8 Å². The highest BCUT2D eigenvalue weighted by atomic mass is 16.7. The maximum atomic E-state index is 11.3. The van der Waals surface area contributed by atoms with Crippen LogP contribution in [0.2, 0.25) is 0 Å². The average molecular weight is 332 g/mol. The largest absolute Gasteiger partial charge is 0.465 e. The van der Waals surface area contributed by atoms with Crippen LogP contribution >= 0.6 is 0 Å². The first-order valence-electron chi connectivity index (χ1n) is 9.25. The van der Waals surface area contributed by atoms with Gasteiger partial charge in [-0.15, -0.1) is 0 Å². The van der Waals surface area contributed by atoms with Crippen LogP contribution in [0, 0.1) is 5.92 Å². The third kappa shape index (κ3) is 4.97. The lowest BCUT2D eigenvalue weighted by Crippen LogP contribution is -2.30. The van der Waals surface area contributed by atoms with Crippen LogP contribution < -0.4 is 4.74 Å². The van der Waals surface area contributed by atoms with Crippen molar-refractivity contribution in [1.82, 2.24) is 0 Å². The third-order valence-corrected chi connectivity index (χ3v) is 4.98. The molecule has 1 aliphatic carbocycles. The highest BCUT2D eigenvalue weighted by Crippen LogP contribution is 2.30. The second kappa shape index (κ2) is 8.52. The predicted molar refractivity (Wildman–Crippen MR) is 91.9 cm³/mol. The van der Waals surface area contributed by atoms with Crippen LogP contribution in [-0.2, 0) is 20.7 Å². The summed E-state index contributed by atoms with van der Waals surface area (Å²) < 4.78 is 17.0. The molecular weight excluding hydrogens is 304 g/mol.